The molecule has 2 heterocycles. The molecule has 1 fully saturated rings. The minimum absolute atomic E-state index is 0.0469. The minimum Gasteiger partial charge on any atom is -0.349 e. The molecule has 1 aliphatic carbocycles. The van der Waals surface area contributed by atoms with Gasteiger partial charge in [-0.05, 0) is 18.9 Å². The first-order chi connectivity index (χ1) is 9.33. The van der Waals surface area contributed by atoms with Crippen molar-refractivity contribution in [3.05, 3.63) is 17.8 Å². The summed E-state index contributed by atoms with van der Waals surface area (Å²) in [6.45, 7) is 0. The fraction of sp³-hybridized carbons (Fsp3) is 0.538. The number of hydrogen-bond acceptors (Lipinski definition) is 5. The standard InChI is InChI=1S/C13H16N4OS/c18-13(15-10-5-3-1-2-4-6-10)9-7-11-12(14-8-9)17-19-16-11/h7-8,10H,1-6H2,(H,15,18). The number of amides is 1. The fourth-order valence-corrected chi connectivity index (χ4v) is 2.98. The van der Waals surface area contributed by atoms with Gasteiger partial charge < -0.3 is 5.32 Å². The second-order valence-corrected chi connectivity index (χ2v) is 5.52. The first-order valence-corrected chi connectivity index (χ1v) is 7.45. The lowest BCUT2D eigenvalue weighted by molar-refractivity contribution is 0.0933. The molecule has 0 aliphatic heterocycles. The summed E-state index contributed by atoms with van der Waals surface area (Å²) in [5.74, 6) is -0.0469. The lowest BCUT2D eigenvalue weighted by atomic mass is 10.1. The first-order valence-electron chi connectivity index (χ1n) is 6.72. The van der Waals surface area contributed by atoms with Gasteiger partial charge in [0, 0.05) is 12.2 Å². The Hall–Kier alpha value is -1.56. The summed E-state index contributed by atoms with van der Waals surface area (Å²) in [5.41, 5.74) is 1.87. The van der Waals surface area contributed by atoms with Crippen molar-refractivity contribution in [1.29, 1.82) is 0 Å². The molecule has 2 aromatic heterocycles. The van der Waals surface area contributed by atoms with Crippen LogP contribution in [0, 0.1) is 0 Å². The Morgan fingerprint density at radius 3 is 2.79 bits per heavy atom. The number of fused-ring (bicyclic) bond motifs is 1. The Kier molecular flexibility index (Phi) is 3.68. The highest BCUT2D eigenvalue weighted by Crippen LogP contribution is 2.18. The second kappa shape index (κ2) is 5.61. The van der Waals surface area contributed by atoms with E-state index in [9.17, 15) is 4.79 Å². The Bertz CT molecular complexity index is 575. The third-order valence-electron chi connectivity index (χ3n) is 3.57. The van der Waals surface area contributed by atoms with Gasteiger partial charge in [-0.1, -0.05) is 25.7 Å². The average Bonchev–Trinajstić information content (AvgIpc) is 2.75. The van der Waals surface area contributed by atoms with Crippen LogP contribution in [-0.4, -0.2) is 25.7 Å². The van der Waals surface area contributed by atoms with Crippen LogP contribution >= 0.6 is 11.7 Å². The van der Waals surface area contributed by atoms with Crippen LogP contribution in [-0.2, 0) is 0 Å². The summed E-state index contributed by atoms with van der Waals surface area (Å²) in [6.07, 6.45) is 8.72. The molecule has 1 saturated carbocycles. The molecule has 0 spiro atoms. The number of carbonyl (C=O) groups is 1. The number of nitrogens with zero attached hydrogens (tertiary/aromatic N) is 3. The van der Waals surface area contributed by atoms with Crippen LogP contribution in [0.4, 0.5) is 0 Å². The van der Waals surface area contributed by atoms with Gasteiger partial charge in [0.05, 0.1) is 17.3 Å². The van der Waals surface area contributed by atoms with Crippen molar-refractivity contribution < 1.29 is 4.79 Å². The Morgan fingerprint density at radius 1 is 1.21 bits per heavy atom. The summed E-state index contributed by atoms with van der Waals surface area (Å²) in [5, 5.41) is 3.11. The lowest BCUT2D eigenvalue weighted by Gasteiger charge is -2.15. The molecule has 19 heavy (non-hydrogen) atoms. The van der Waals surface area contributed by atoms with Crippen molar-refractivity contribution in [2.24, 2.45) is 0 Å². The highest BCUT2D eigenvalue weighted by Gasteiger charge is 2.16. The van der Waals surface area contributed by atoms with Gasteiger partial charge in [-0.2, -0.15) is 8.75 Å². The van der Waals surface area contributed by atoms with Crippen LogP contribution in [0.3, 0.4) is 0 Å². The van der Waals surface area contributed by atoms with Gasteiger partial charge in [-0.15, -0.1) is 0 Å². The van der Waals surface area contributed by atoms with Crippen molar-refractivity contribution in [3.63, 3.8) is 0 Å². The van der Waals surface area contributed by atoms with E-state index in [1.807, 2.05) is 0 Å². The molecule has 0 aromatic carbocycles. The Balaban J connectivity index is 1.71. The van der Waals surface area contributed by atoms with Gasteiger partial charge in [0.25, 0.3) is 5.91 Å². The van der Waals surface area contributed by atoms with E-state index >= 15 is 0 Å². The molecule has 0 radical (unpaired) electrons. The van der Waals surface area contributed by atoms with Crippen molar-refractivity contribution in [2.45, 2.75) is 44.6 Å². The van der Waals surface area contributed by atoms with Crippen LogP contribution in [0.2, 0.25) is 0 Å². The monoisotopic (exact) mass is 276 g/mol. The minimum atomic E-state index is -0.0469. The largest absolute Gasteiger partial charge is 0.349 e. The van der Waals surface area contributed by atoms with E-state index in [0.29, 0.717) is 22.8 Å². The van der Waals surface area contributed by atoms with Gasteiger partial charge in [0.1, 0.15) is 5.52 Å². The van der Waals surface area contributed by atoms with Crippen molar-refractivity contribution >= 4 is 28.8 Å². The quantitative estimate of drug-likeness (QED) is 0.856. The SMILES string of the molecule is O=C(NC1CCCCCC1)c1cnc2nsnc2c1. The maximum atomic E-state index is 12.2. The number of aromatic nitrogens is 3. The van der Waals surface area contributed by atoms with Gasteiger partial charge in [-0.25, -0.2) is 4.98 Å². The molecule has 1 amide bonds. The average molecular weight is 276 g/mol. The zero-order chi connectivity index (χ0) is 13.1. The van der Waals surface area contributed by atoms with E-state index in [1.54, 1.807) is 12.3 Å². The third kappa shape index (κ3) is 2.89. The highest BCUT2D eigenvalue weighted by molar-refractivity contribution is 7.00. The molecule has 1 aliphatic rings. The number of carbonyl (C=O) groups excluding carboxylic acids is 1. The van der Waals surface area contributed by atoms with Gasteiger partial charge in [-0.3, -0.25) is 4.79 Å². The normalized spacial score (nSPS) is 17.3. The van der Waals surface area contributed by atoms with Crippen LogP contribution < -0.4 is 5.32 Å². The highest BCUT2D eigenvalue weighted by atomic mass is 32.1. The molecule has 6 heteroatoms. The molecule has 2 aromatic rings. The predicted octanol–water partition coefficient (Wildman–Crippen LogP) is 2.54. The lowest BCUT2D eigenvalue weighted by Crippen LogP contribution is -2.34. The molecule has 100 valence electrons. The van der Waals surface area contributed by atoms with E-state index in [4.69, 9.17) is 0 Å². The summed E-state index contributed by atoms with van der Waals surface area (Å²) in [4.78, 5) is 16.3. The van der Waals surface area contributed by atoms with E-state index in [2.05, 4.69) is 19.0 Å². The predicted molar refractivity (Wildman–Crippen MR) is 74.2 cm³/mol. The summed E-state index contributed by atoms with van der Waals surface area (Å²) in [7, 11) is 0. The topological polar surface area (TPSA) is 67.8 Å². The van der Waals surface area contributed by atoms with E-state index in [0.717, 1.165) is 24.6 Å². The van der Waals surface area contributed by atoms with Gasteiger partial charge in [0.15, 0.2) is 5.65 Å². The molecule has 1 N–H and O–H groups in total. The van der Waals surface area contributed by atoms with Crippen LogP contribution in [0.15, 0.2) is 12.3 Å². The maximum absolute atomic E-state index is 12.2. The summed E-state index contributed by atoms with van der Waals surface area (Å²) >= 11 is 1.12. The summed E-state index contributed by atoms with van der Waals surface area (Å²) in [6, 6.07) is 2.07. The molecule has 3 rings (SSSR count). The third-order valence-corrected chi connectivity index (χ3v) is 4.10. The molecule has 5 nitrogen and oxygen atoms in total. The van der Waals surface area contributed by atoms with Crippen molar-refractivity contribution in [1.82, 2.24) is 19.0 Å². The molecule has 0 bridgehead atoms. The maximum Gasteiger partial charge on any atom is 0.253 e. The van der Waals surface area contributed by atoms with Crippen molar-refractivity contribution in [3.8, 4) is 0 Å². The number of pyridine rings is 1. The Labute approximate surface area is 115 Å². The van der Waals surface area contributed by atoms with E-state index in [-0.39, 0.29) is 5.91 Å². The van der Waals surface area contributed by atoms with E-state index < -0.39 is 0 Å². The zero-order valence-electron chi connectivity index (χ0n) is 10.6. The smallest absolute Gasteiger partial charge is 0.253 e. The molecule has 0 atom stereocenters. The van der Waals surface area contributed by atoms with Crippen LogP contribution in [0.25, 0.3) is 11.2 Å². The second-order valence-electron chi connectivity index (χ2n) is 4.99. The number of hydrogen-bond donors (Lipinski definition) is 1. The molecule has 0 saturated heterocycles. The summed E-state index contributed by atoms with van der Waals surface area (Å²) < 4.78 is 8.15. The fourth-order valence-electron chi connectivity index (χ4n) is 2.50. The molecule has 0 unspecified atom stereocenters. The van der Waals surface area contributed by atoms with Gasteiger partial charge in [0.2, 0.25) is 0 Å². The van der Waals surface area contributed by atoms with Gasteiger partial charge >= 0.3 is 0 Å². The van der Waals surface area contributed by atoms with Crippen LogP contribution in [0.5, 0.6) is 0 Å². The molecular weight excluding hydrogens is 260 g/mol. The Morgan fingerprint density at radius 2 is 2.00 bits per heavy atom. The van der Waals surface area contributed by atoms with Crippen molar-refractivity contribution in [2.75, 3.05) is 0 Å². The zero-order valence-corrected chi connectivity index (χ0v) is 11.4. The first kappa shape index (κ1) is 12.5. The van der Waals surface area contributed by atoms with E-state index in [1.165, 1.54) is 25.7 Å². The number of rotatable bonds is 2. The molecular formula is C13H16N4OS. The van der Waals surface area contributed by atoms with Crippen LogP contribution in [0.1, 0.15) is 48.9 Å². The number of nitrogens with one attached hydrogen (secondary N) is 1.